The number of nitrogens with zero attached hydrogens (tertiary/aromatic N) is 1. The summed E-state index contributed by atoms with van der Waals surface area (Å²) in [5, 5.41) is 11.7. The Balaban J connectivity index is 2.49. The van der Waals surface area contributed by atoms with Gasteiger partial charge in [-0.1, -0.05) is 6.42 Å². The van der Waals surface area contributed by atoms with Crippen LogP contribution in [-0.2, 0) is 14.4 Å². The number of aliphatic carboxylic acids is 1. The van der Waals surface area contributed by atoms with E-state index >= 15 is 0 Å². The summed E-state index contributed by atoms with van der Waals surface area (Å²) in [7, 11) is 0. The molecule has 3 unspecified atom stereocenters. The molecule has 0 saturated carbocycles. The third-order valence-corrected chi connectivity index (χ3v) is 3.86. The molecule has 0 radical (unpaired) electrons. The van der Waals surface area contributed by atoms with E-state index in [4.69, 9.17) is 16.6 Å². The van der Waals surface area contributed by atoms with E-state index in [0.717, 1.165) is 12.8 Å². The fourth-order valence-corrected chi connectivity index (χ4v) is 2.56. The molecule has 3 atom stereocenters. The quantitative estimate of drug-likeness (QED) is 0.425. The van der Waals surface area contributed by atoms with Gasteiger partial charge in [0.1, 0.15) is 12.1 Å². The standard InChI is InChI=1S/C14H26N4O4/c1-9(17-12(19)10(16)5-2-3-7-15)13(20)18-8-4-6-11(18)14(21)22/h9-11H,2-8,15-16H2,1H3,(H,17,19)(H,21,22). The molecule has 2 amide bonds. The Hall–Kier alpha value is -1.67. The van der Waals surface area contributed by atoms with Crippen molar-refractivity contribution >= 4 is 17.8 Å². The molecular weight excluding hydrogens is 288 g/mol. The number of carboxylic acids is 1. The van der Waals surface area contributed by atoms with Gasteiger partial charge in [0.05, 0.1) is 6.04 Å². The Kier molecular flexibility index (Phi) is 7.26. The maximum absolute atomic E-state index is 12.3. The third kappa shape index (κ3) is 4.96. The molecule has 0 aromatic rings. The molecule has 0 aliphatic carbocycles. The minimum atomic E-state index is -1.01. The molecule has 1 fully saturated rings. The molecule has 0 spiro atoms. The van der Waals surface area contributed by atoms with Crippen molar-refractivity contribution in [1.82, 2.24) is 10.2 Å². The second-order valence-corrected chi connectivity index (χ2v) is 5.65. The summed E-state index contributed by atoms with van der Waals surface area (Å²) in [5.41, 5.74) is 11.1. The highest BCUT2D eigenvalue weighted by atomic mass is 16.4. The van der Waals surface area contributed by atoms with Crippen LogP contribution in [0.5, 0.6) is 0 Å². The van der Waals surface area contributed by atoms with Crippen molar-refractivity contribution in [2.75, 3.05) is 13.1 Å². The lowest BCUT2D eigenvalue weighted by atomic mass is 10.1. The Labute approximate surface area is 130 Å². The lowest BCUT2D eigenvalue weighted by molar-refractivity contribution is -0.149. The number of carbonyl (C=O) groups excluding carboxylic acids is 2. The van der Waals surface area contributed by atoms with E-state index in [0.29, 0.717) is 32.4 Å². The SMILES string of the molecule is CC(NC(=O)C(N)CCCCN)C(=O)N1CCCC1C(=O)O. The van der Waals surface area contributed by atoms with Gasteiger partial charge in [0.15, 0.2) is 0 Å². The van der Waals surface area contributed by atoms with Crippen molar-refractivity contribution in [1.29, 1.82) is 0 Å². The van der Waals surface area contributed by atoms with E-state index in [-0.39, 0.29) is 5.91 Å². The first-order valence-corrected chi connectivity index (χ1v) is 7.67. The number of unbranched alkanes of at least 4 members (excludes halogenated alkanes) is 1. The predicted octanol–water partition coefficient (Wildman–Crippen LogP) is -0.977. The van der Waals surface area contributed by atoms with Gasteiger partial charge in [0.2, 0.25) is 11.8 Å². The van der Waals surface area contributed by atoms with Gasteiger partial charge in [-0.3, -0.25) is 9.59 Å². The maximum Gasteiger partial charge on any atom is 0.326 e. The van der Waals surface area contributed by atoms with E-state index in [1.807, 2.05) is 0 Å². The first-order chi connectivity index (χ1) is 10.4. The number of amides is 2. The molecular formula is C14H26N4O4. The molecule has 126 valence electrons. The normalized spacial score (nSPS) is 20.5. The van der Waals surface area contributed by atoms with E-state index in [2.05, 4.69) is 5.32 Å². The summed E-state index contributed by atoms with van der Waals surface area (Å²) < 4.78 is 0. The van der Waals surface area contributed by atoms with Crippen LogP contribution in [0.3, 0.4) is 0 Å². The zero-order chi connectivity index (χ0) is 16.7. The number of likely N-dealkylation sites (tertiary alicyclic amines) is 1. The Morgan fingerprint density at radius 3 is 2.64 bits per heavy atom. The largest absolute Gasteiger partial charge is 0.480 e. The zero-order valence-corrected chi connectivity index (χ0v) is 13.0. The number of carbonyl (C=O) groups is 3. The Morgan fingerprint density at radius 2 is 2.05 bits per heavy atom. The van der Waals surface area contributed by atoms with Crippen LogP contribution in [0.2, 0.25) is 0 Å². The number of hydrogen-bond donors (Lipinski definition) is 4. The average Bonchev–Trinajstić information content (AvgIpc) is 2.95. The van der Waals surface area contributed by atoms with Crippen LogP contribution in [0.25, 0.3) is 0 Å². The second-order valence-electron chi connectivity index (χ2n) is 5.65. The van der Waals surface area contributed by atoms with Crippen LogP contribution < -0.4 is 16.8 Å². The van der Waals surface area contributed by atoms with Gasteiger partial charge in [-0.15, -0.1) is 0 Å². The van der Waals surface area contributed by atoms with Gasteiger partial charge in [-0.2, -0.15) is 0 Å². The van der Waals surface area contributed by atoms with Gasteiger partial charge in [-0.05, 0) is 39.2 Å². The van der Waals surface area contributed by atoms with Crippen molar-refractivity contribution in [3.63, 3.8) is 0 Å². The van der Waals surface area contributed by atoms with E-state index in [9.17, 15) is 14.4 Å². The van der Waals surface area contributed by atoms with Crippen LogP contribution in [0.1, 0.15) is 39.0 Å². The molecule has 1 saturated heterocycles. The molecule has 22 heavy (non-hydrogen) atoms. The summed E-state index contributed by atoms with van der Waals surface area (Å²) in [6.45, 7) is 2.50. The highest BCUT2D eigenvalue weighted by molar-refractivity contribution is 5.91. The summed E-state index contributed by atoms with van der Waals surface area (Å²) in [4.78, 5) is 36.6. The molecule has 1 rings (SSSR count). The number of hydrogen-bond acceptors (Lipinski definition) is 5. The van der Waals surface area contributed by atoms with Gasteiger partial charge in [0, 0.05) is 6.54 Å². The number of carboxylic acid groups (broad SMARTS) is 1. The van der Waals surface area contributed by atoms with E-state index < -0.39 is 30.0 Å². The molecule has 1 aliphatic rings. The average molecular weight is 314 g/mol. The summed E-state index contributed by atoms with van der Waals surface area (Å²) in [5.74, 6) is -1.79. The summed E-state index contributed by atoms with van der Waals surface area (Å²) in [6.07, 6.45) is 3.15. The first-order valence-electron chi connectivity index (χ1n) is 7.67. The Morgan fingerprint density at radius 1 is 1.36 bits per heavy atom. The van der Waals surface area contributed by atoms with Crippen LogP contribution >= 0.6 is 0 Å². The molecule has 0 aromatic carbocycles. The first kappa shape index (κ1) is 18.4. The van der Waals surface area contributed by atoms with Gasteiger partial charge >= 0.3 is 5.97 Å². The smallest absolute Gasteiger partial charge is 0.326 e. The molecule has 0 aromatic heterocycles. The lowest BCUT2D eigenvalue weighted by Crippen LogP contribution is -2.53. The van der Waals surface area contributed by atoms with Crippen molar-refractivity contribution in [2.45, 2.75) is 57.2 Å². The van der Waals surface area contributed by atoms with Crippen molar-refractivity contribution in [3.8, 4) is 0 Å². The molecule has 8 nitrogen and oxygen atoms in total. The van der Waals surface area contributed by atoms with E-state index in [1.165, 1.54) is 4.90 Å². The molecule has 1 aliphatic heterocycles. The lowest BCUT2D eigenvalue weighted by Gasteiger charge is -2.26. The molecule has 6 N–H and O–H groups in total. The van der Waals surface area contributed by atoms with Crippen LogP contribution in [0.4, 0.5) is 0 Å². The molecule has 0 bridgehead atoms. The highest BCUT2D eigenvalue weighted by Crippen LogP contribution is 2.18. The van der Waals surface area contributed by atoms with Crippen LogP contribution in [-0.4, -0.2) is 59.0 Å². The predicted molar refractivity (Wildman–Crippen MR) is 80.9 cm³/mol. The number of rotatable bonds is 8. The molecule has 1 heterocycles. The fourth-order valence-electron chi connectivity index (χ4n) is 2.56. The Bertz CT molecular complexity index is 416. The maximum atomic E-state index is 12.3. The topological polar surface area (TPSA) is 139 Å². The molecule has 8 heteroatoms. The minimum absolute atomic E-state index is 0.382. The fraction of sp³-hybridized carbons (Fsp3) is 0.786. The minimum Gasteiger partial charge on any atom is -0.480 e. The van der Waals surface area contributed by atoms with Gasteiger partial charge in [-0.25, -0.2) is 4.79 Å². The second kappa shape index (κ2) is 8.70. The number of nitrogens with two attached hydrogens (primary N) is 2. The van der Waals surface area contributed by atoms with Crippen molar-refractivity contribution < 1.29 is 19.5 Å². The summed E-state index contributed by atoms with van der Waals surface area (Å²) in [6, 6.07) is -2.27. The van der Waals surface area contributed by atoms with Crippen molar-refractivity contribution in [2.24, 2.45) is 11.5 Å². The third-order valence-electron chi connectivity index (χ3n) is 3.86. The van der Waals surface area contributed by atoms with Crippen molar-refractivity contribution in [3.05, 3.63) is 0 Å². The van der Waals surface area contributed by atoms with Crippen LogP contribution in [0.15, 0.2) is 0 Å². The van der Waals surface area contributed by atoms with Gasteiger partial charge in [0.25, 0.3) is 0 Å². The number of nitrogens with one attached hydrogen (secondary N) is 1. The summed E-state index contributed by atoms with van der Waals surface area (Å²) >= 11 is 0. The zero-order valence-electron chi connectivity index (χ0n) is 13.0. The van der Waals surface area contributed by atoms with Crippen LogP contribution in [0, 0.1) is 0 Å². The van der Waals surface area contributed by atoms with Gasteiger partial charge < -0.3 is 26.8 Å². The van der Waals surface area contributed by atoms with E-state index in [1.54, 1.807) is 6.92 Å². The monoisotopic (exact) mass is 314 g/mol. The highest BCUT2D eigenvalue weighted by Gasteiger charge is 2.36.